The minimum Gasteiger partial charge on any atom is -0.348 e. The molecule has 0 spiro atoms. The van der Waals surface area contributed by atoms with Crippen molar-refractivity contribution in [2.45, 2.75) is 57.7 Å². The van der Waals surface area contributed by atoms with Gasteiger partial charge in [-0.3, -0.25) is 9.78 Å². The van der Waals surface area contributed by atoms with Crippen LogP contribution in [0.4, 0.5) is 10.3 Å². The molecule has 1 saturated carbocycles. The molecule has 2 N–H and O–H groups in total. The molecule has 3 aliphatic rings. The standard InChI is InChI=1S/C27H27FN6O/c1-3-34-27(31-19-8-10-20-22(13-19)15(2)30-26(20)35)32-25(33-34)21-9-6-17(12-23(21)28)18-7-11-24(29-14-18)16-4-5-16/h6-12,14-16,19H,3-5,13H2,1-2H3,(H,30,35)(H,31,32,33). The van der Waals surface area contributed by atoms with E-state index >= 15 is 4.39 Å². The van der Waals surface area contributed by atoms with Gasteiger partial charge >= 0.3 is 0 Å². The molecule has 2 aliphatic carbocycles. The van der Waals surface area contributed by atoms with E-state index in [2.05, 4.69) is 25.7 Å². The van der Waals surface area contributed by atoms with E-state index < -0.39 is 0 Å². The zero-order valence-electron chi connectivity index (χ0n) is 19.8. The van der Waals surface area contributed by atoms with Crippen LogP contribution in [0.5, 0.6) is 0 Å². The van der Waals surface area contributed by atoms with E-state index in [0.29, 0.717) is 36.2 Å². The number of nitrogens with zero attached hydrogens (tertiary/aromatic N) is 4. The summed E-state index contributed by atoms with van der Waals surface area (Å²) in [5.41, 5.74) is 4.99. The summed E-state index contributed by atoms with van der Waals surface area (Å²) in [4.78, 5) is 21.2. The number of amides is 1. The molecule has 3 heterocycles. The summed E-state index contributed by atoms with van der Waals surface area (Å²) < 4.78 is 16.9. The number of benzene rings is 1. The van der Waals surface area contributed by atoms with Crippen molar-refractivity contribution in [1.29, 1.82) is 0 Å². The average molecular weight is 471 g/mol. The van der Waals surface area contributed by atoms with Gasteiger partial charge in [0.05, 0.1) is 11.6 Å². The van der Waals surface area contributed by atoms with Crippen LogP contribution in [0, 0.1) is 5.82 Å². The van der Waals surface area contributed by atoms with Gasteiger partial charge in [-0.25, -0.2) is 9.07 Å². The maximum absolute atomic E-state index is 15.2. The third kappa shape index (κ3) is 4.03. The van der Waals surface area contributed by atoms with E-state index in [1.54, 1.807) is 10.7 Å². The topological polar surface area (TPSA) is 84.7 Å². The molecule has 0 saturated heterocycles. The van der Waals surface area contributed by atoms with Crippen molar-refractivity contribution in [2.75, 3.05) is 5.32 Å². The van der Waals surface area contributed by atoms with Crippen molar-refractivity contribution in [2.24, 2.45) is 0 Å². The molecular formula is C27H27FN6O. The number of rotatable bonds is 6. The number of carbonyl (C=O) groups is 1. The van der Waals surface area contributed by atoms with Crippen molar-refractivity contribution in [1.82, 2.24) is 25.1 Å². The molecular weight excluding hydrogens is 443 g/mol. The van der Waals surface area contributed by atoms with Crippen LogP contribution in [0.25, 0.3) is 22.5 Å². The van der Waals surface area contributed by atoms with Gasteiger partial charge in [0.1, 0.15) is 5.82 Å². The van der Waals surface area contributed by atoms with Crippen LogP contribution in [0.3, 0.4) is 0 Å². The molecule has 1 aromatic carbocycles. The second-order valence-corrected chi connectivity index (χ2v) is 9.46. The highest BCUT2D eigenvalue weighted by molar-refractivity contribution is 6.00. The first-order valence-corrected chi connectivity index (χ1v) is 12.2. The number of halogens is 1. The molecule has 35 heavy (non-hydrogen) atoms. The highest BCUT2D eigenvalue weighted by Gasteiger charge is 2.31. The lowest BCUT2D eigenvalue weighted by atomic mass is 9.93. The van der Waals surface area contributed by atoms with Crippen LogP contribution in [-0.4, -0.2) is 37.7 Å². The van der Waals surface area contributed by atoms with Gasteiger partial charge in [-0.15, -0.1) is 5.10 Å². The second-order valence-electron chi connectivity index (χ2n) is 9.46. The van der Waals surface area contributed by atoms with Crippen molar-refractivity contribution in [3.63, 3.8) is 0 Å². The van der Waals surface area contributed by atoms with Gasteiger partial charge in [-0.1, -0.05) is 24.3 Å². The summed E-state index contributed by atoms with van der Waals surface area (Å²) in [7, 11) is 0. The summed E-state index contributed by atoms with van der Waals surface area (Å²) in [6.45, 7) is 4.56. The zero-order valence-corrected chi connectivity index (χ0v) is 19.8. The Bertz CT molecular complexity index is 1370. The number of aromatic nitrogens is 4. The van der Waals surface area contributed by atoms with Gasteiger partial charge < -0.3 is 10.6 Å². The molecule has 178 valence electrons. The number of anilines is 1. The van der Waals surface area contributed by atoms with Crippen LogP contribution in [0.15, 0.2) is 59.8 Å². The van der Waals surface area contributed by atoms with Crippen molar-refractivity contribution >= 4 is 11.9 Å². The molecule has 6 rings (SSSR count). The SMILES string of the molecule is CCn1nc(-c2ccc(-c3ccc(C4CC4)nc3)cc2F)nc1NC1C=CC2=C(C1)C(C)NC2=O. The van der Waals surface area contributed by atoms with Gasteiger partial charge in [0.15, 0.2) is 5.82 Å². The van der Waals surface area contributed by atoms with E-state index in [1.165, 1.54) is 18.9 Å². The van der Waals surface area contributed by atoms with E-state index in [1.807, 2.05) is 50.4 Å². The highest BCUT2D eigenvalue weighted by atomic mass is 19.1. The van der Waals surface area contributed by atoms with Crippen LogP contribution in [-0.2, 0) is 11.3 Å². The van der Waals surface area contributed by atoms with E-state index in [-0.39, 0.29) is 23.8 Å². The highest BCUT2D eigenvalue weighted by Crippen LogP contribution is 2.39. The normalized spacial score (nSPS) is 21.3. The van der Waals surface area contributed by atoms with Crippen molar-refractivity contribution < 1.29 is 9.18 Å². The molecule has 2 aromatic heterocycles. The van der Waals surface area contributed by atoms with Gasteiger partial charge in [0, 0.05) is 41.5 Å². The first-order chi connectivity index (χ1) is 17.0. The fourth-order valence-electron chi connectivity index (χ4n) is 4.85. The molecule has 8 heteroatoms. The number of hydrogen-bond donors (Lipinski definition) is 2. The Balaban J connectivity index is 1.22. The smallest absolute Gasteiger partial charge is 0.251 e. The second kappa shape index (κ2) is 8.45. The molecule has 0 bridgehead atoms. The molecule has 2 atom stereocenters. The minimum atomic E-state index is -0.370. The Morgan fingerprint density at radius 1 is 1.20 bits per heavy atom. The molecule has 0 radical (unpaired) electrons. The molecule has 2 unspecified atom stereocenters. The van der Waals surface area contributed by atoms with Crippen molar-refractivity contribution in [3.05, 3.63) is 71.3 Å². The minimum absolute atomic E-state index is 0.0187. The molecule has 1 fully saturated rings. The zero-order chi connectivity index (χ0) is 24.1. The lowest BCUT2D eigenvalue weighted by Crippen LogP contribution is -2.27. The predicted octanol–water partition coefficient (Wildman–Crippen LogP) is 4.60. The van der Waals surface area contributed by atoms with Gasteiger partial charge in [0.25, 0.3) is 5.91 Å². The Morgan fingerprint density at radius 3 is 2.74 bits per heavy atom. The average Bonchev–Trinajstić information content (AvgIpc) is 3.58. The van der Waals surface area contributed by atoms with Gasteiger partial charge in [-0.05, 0) is 62.4 Å². The Hall–Kier alpha value is -3.81. The van der Waals surface area contributed by atoms with Gasteiger partial charge in [0.2, 0.25) is 5.95 Å². The summed E-state index contributed by atoms with van der Waals surface area (Å²) in [5, 5.41) is 10.9. The molecule has 3 aromatic rings. The van der Waals surface area contributed by atoms with Crippen LogP contribution in [0.1, 0.15) is 44.7 Å². The summed E-state index contributed by atoms with van der Waals surface area (Å²) in [6, 6.07) is 9.19. The summed E-state index contributed by atoms with van der Waals surface area (Å²) >= 11 is 0. The number of hydrogen-bond acceptors (Lipinski definition) is 5. The Morgan fingerprint density at radius 2 is 2.03 bits per heavy atom. The first kappa shape index (κ1) is 21.7. The third-order valence-electron chi connectivity index (χ3n) is 7.01. The number of pyridine rings is 1. The fraction of sp³-hybridized carbons (Fsp3) is 0.333. The molecule has 1 aliphatic heterocycles. The Labute approximate surface area is 203 Å². The third-order valence-corrected chi connectivity index (χ3v) is 7.01. The van der Waals surface area contributed by atoms with Crippen LogP contribution in [0.2, 0.25) is 0 Å². The summed E-state index contributed by atoms with van der Waals surface area (Å²) in [5.74, 6) is 1.12. The quantitative estimate of drug-likeness (QED) is 0.550. The number of nitrogens with one attached hydrogen (secondary N) is 2. The largest absolute Gasteiger partial charge is 0.348 e. The maximum atomic E-state index is 15.2. The van der Waals surface area contributed by atoms with Crippen LogP contribution >= 0.6 is 0 Å². The predicted molar refractivity (Wildman–Crippen MR) is 132 cm³/mol. The van der Waals surface area contributed by atoms with Crippen LogP contribution < -0.4 is 10.6 Å². The molecule has 7 nitrogen and oxygen atoms in total. The fourth-order valence-corrected chi connectivity index (χ4v) is 4.85. The van der Waals surface area contributed by atoms with Crippen molar-refractivity contribution in [3.8, 4) is 22.5 Å². The van der Waals surface area contributed by atoms with E-state index in [9.17, 15) is 4.79 Å². The number of carbonyl (C=O) groups excluding carboxylic acids is 1. The Kier molecular flexibility index (Phi) is 5.24. The number of aryl methyl sites for hydroxylation is 1. The maximum Gasteiger partial charge on any atom is 0.251 e. The van der Waals surface area contributed by atoms with E-state index in [4.69, 9.17) is 0 Å². The van der Waals surface area contributed by atoms with E-state index in [0.717, 1.165) is 28.0 Å². The lowest BCUT2D eigenvalue weighted by molar-refractivity contribution is -0.116. The van der Waals surface area contributed by atoms with Gasteiger partial charge in [-0.2, -0.15) is 4.98 Å². The summed E-state index contributed by atoms with van der Waals surface area (Å²) in [6.07, 6.45) is 8.77. The lowest BCUT2D eigenvalue weighted by Gasteiger charge is -2.21. The molecule has 1 amide bonds. The monoisotopic (exact) mass is 470 g/mol. The first-order valence-electron chi connectivity index (χ1n) is 12.2.